The van der Waals surface area contributed by atoms with Crippen LogP contribution in [-0.2, 0) is 9.53 Å². The first-order valence-electron chi connectivity index (χ1n) is 7.73. The van der Waals surface area contributed by atoms with Gasteiger partial charge in [0.2, 0.25) is 0 Å². The van der Waals surface area contributed by atoms with Gasteiger partial charge < -0.3 is 18.9 Å². The number of ketones is 1. The monoisotopic (exact) mass is 324 g/mol. The molecule has 0 fully saturated rings. The van der Waals surface area contributed by atoms with Crippen molar-refractivity contribution in [2.24, 2.45) is 0 Å². The van der Waals surface area contributed by atoms with Gasteiger partial charge in [0.1, 0.15) is 22.8 Å². The van der Waals surface area contributed by atoms with Crippen LogP contribution < -0.4 is 14.2 Å². The van der Waals surface area contributed by atoms with E-state index in [9.17, 15) is 9.59 Å². The molecule has 0 aliphatic heterocycles. The van der Waals surface area contributed by atoms with Crippen LogP contribution in [0.2, 0.25) is 0 Å². The van der Waals surface area contributed by atoms with E-state index in [4.69, 9.17) is 14.2 Å². The van der Waals surface area contributed by atoms with E-state index in [0.29, 0.717) is 42.6 Å². The summed E-state index contributed by atoms with van der Waals surface area (Å²) >= 11 is 0. The number of benzene rings is 1. The molecule has 1 aromatic carbocycles. The van der Waals surface area contributed by atoms with Crippen molar-refractivity contribution in [2.45, 2.75) is 33.6 Å². The summed E-state index contributed by atoms with van der Waals surface area (Å²) in [5.41, 5.74) is 0.334. The molecule has 0 radical (unpaired) electrons. The molecular formula is C17H24O6. The van der Waals surface area contributed by atoms with Gasteiger partial charge in [-0.05, 0) is 20.8 Å². The van der Waals surface area contributed by atoms with Gasteiger partial charge in [-0.25, -0.2) is 0 Å². The smallest absolute Gasteiger partial charge is 0.305 e. The first-order valence-corrected chi connectivity index (χ1v) is 7.73. The molecule has 0 atom stereocenters. The Morgan fingerprint density at radius 1 is 0.870 bits per heavy atom. The van der Waals surface area contributed by atoms with Crippen molar-refractivity contribution in [1.82, 2.24) is 0 Å². The molecule has 1 aromatic rings. The molecule has 0 N–H and O–H groups in total. The third-order valence-electron chi connectivity index (χ3n) is 3.01. The highest BCUT2D eigenvalue weighted by molar-refractivity contribution is 6.02. The van der Waals surface area contributed by atoms with Crippen molar-refractivity contribution in [2.75, 3.05) is 26.9 Å². The van der Waals surface area contributed by atoms with E-state index in [1.807, 2.05) is 20.8 Å². The van der Waals surface area contributed by atoms with Crippen LogP contribution in [0.4, 0.5) is 0 Å². The van der Waals surface area contributed by atoms with Gasteiger partial charge in [0.05, 0.1) is 33.4 Å². The van der Waals surface area contributed by atoms with Crippen LogP contribution in [0, 0.1) is 0 Å². The fraction of sp³-hybridized carbons (Fsp3) is 0.529. The molecule has 0 heterocycles. The highest BCUT2D eigenvalue weighted by Gasteiger charge is 2.21. The summed E-state index contributed by atoms with van der Waals surface area (Å²) in [6, 6.07) is 3.34. The summed E-state index contributed by atoms with van der Waals surface area (Å²) < 4.78 is 21.2. The molecule has 0 bridgehead atoms. The lowest BCUT2D eigenvalue weighted by molar-refractivity contribution is -0.140. The van der Waals surface area contributed by atoms with E-state index in [1.165, 1.54) is 7.11 Å². The summed E-state index contributed by atoms with van der Waals surface area (Å²) in [5.74, 6) is 0.711. The van der Waals surface area contributed by atoms with Gasteiger partial charge in [0.25, 0.3) is 0 Å². The predicted molar refractivity (Wildman–Crippen MR) is 85.5 cm³/mol. The number of esters is 1. The van der Waals surface area contributed by atoms with Gasteiger partial charge in [0.15, 0.2) is 5.78 Å². The summed E-state index contributed by atoms with van der Waals surface area (Å²) in [6.45, 7) is 6.83. The minimum absolute atomic E-state index is 0.0136. The number of hydrogen-bond donors (Lipinski definition) is 0. The van der Waals surface area contributed by atoms with Crippen LogP contribution in [0.5, 0.6) is 17.2 Å². The molecule has 0 amide bonds. The van der Waals surface area contributed by atoms with E-state index in [0.717, 1.165) is 0 Å². The zero-order chi connectivity index (χ0) is 17.2. The summed E-state index contributed by atoms with van der Waals surface area (Å²) in [5, 5.41) is 0. The number of Topliss-reactive ketones (excluding diaryl/α,β-unsaturated/α-hetero) is 1. The Morgan fingerprint density at radius 2 is 1.39 bits per heavy atom. The predicted octanol–water partition coefficient (Wildman–Crippen LogP) is 3.02. The summed E-state index contributed by atoms with van der Waals surface area (Å²) in [7, 11) is 1.29. The highest BCUT2D eigenvalue weighted by Crippen LogP contribution is 2.35. The largest absolute Gasteiger partial charge is 0.494 e. The van der Waals surface area contributed by atoms with Gasteiger partial charge in [-0.2, -0.15) is 0 Å². The minimum Gasteiger partial charge on any atom is -0.494 e. The van der Waals surface area contributed by atoms with Gasteiger partial charge in [-0.3, -0.25) is 9.59 Å². The van der Waals surface area contributed by atoms with Crippen LogP contribution in [0.1, 0.15) is 44.0 Å². The molecule has 0 saturated heterocycles. The van der Waals surface area contributed by atoms with E-state index in [-0.39, 0.29) is 18.6 Å². The highest BCUT2D eigenvalue weighted by atomic mass is 16.5. The average Bonchev–Trinajstić information content (AvgIpc) is 2.53. The summed E-state index contributed by atoms with van der Waals surface area (Å²) in [4.78, 5) is 23.8. The third kappa shape index (κ3) is 5.47. The summed E-state index contributed by atoms with van der Waals surface area (Å²) in [6.07, 6.45) is 0.0421. The maximum absolute atomic E-state index is 12.5. The van der Waals surface area contributed by atoms with Gasteiger partial charge in [0, 0.05) is 18.6 Å². The quantitative estimate of drug-likeness (QED) is 0.487. The number of rotatable bonds is 10. The molecule has 0 aromatic heterocycles. The molecule has 0 aliphatic carbocycles. The molecule has 6 heteroatoms. The first-order chi connectivity index (χ1) is 11.1. The topological polar surface area (TPSA) is 71.1 Å². The SMILES string of the molecule is CCOc1cc(OCC)c(C(=O)CCC(=O)OC)c(OCC)c1. The number of hydrogen-bond acceptors (Lipinski definition) is 6. The van der Waals surface area contributed by atoms with E-state index in [2.05, 4.69) is 4.74 Å². The average molecular weight is 324 g/mol. The second-order valence-electron chi connectivity index (χ2n) is 4.59. The lowest BCUT2D eigenvalue weighted by atomic mass is 10.0. The normalized spacial score (nSPS) is 10.1. The zero-order valence-corrected chi connectivity index (χ0v) is 14.1. The number of carbonyl (C=O) groups is 2. The van der Waals surface area contributed by atoms with Gasteiger partial charge in [-0.1, -0.05) is 0 Å². The van der Waals surface area contributed by atoms with Crippen molar-refractivity contribution >= 4 is 11.8 Å². The number of methoxy groups -OCH3 is 1. The lowest BCUT2D eigenvalue weighted by Crippen LogP contribution is -2.11. The molecule has 6 nitrogen and oxygen atoms in total. The third-order valence-corrected chi connectivity index (χ3v) is 3.01. The van der Waals surface area contributed by atoms with Crippen molar-refractivity contribution in [3.63, 3.8) is 0 Å². The standard InChI is InChI=1S/C17H24O6/c1-5-21-12-10-14(22-6-2)17(15(11-12)23-7-3)13(18)8-9-16(19)20-4/h10-11H,5-9H2,1-4H3. The molecule has 1 rings (SSSR count). The molecule has 0 saturated carbocycles. The number of carbonyl (C=O) groups excluding carboxylic acids is 2. The minimum atomic E-state index is -0.430. The maximum Gasteiger partial charge on any atom is 0.305 e. The Bertz CT molecular complexity index is 511. The van der Waals surface area contributed by atoms with Crippen LogP contribution >= 0.6 is 0 Å². The molecule has 23 heavy (non-hydrogen) atoms. The van der Waals surface area contributed by atoms with Crippen LogP contribution in [0.15, 0.2) is 12.1 Å². The molecule has 0 aliphatic rings. The van der Waals surface area contributed by atoms with Crippen molar-refractivity contribution in [3.05, 3.63) is 17.7 Å². The van der Waals surface area contributed by atoms with Crippen LogP contribution in [0.25, 0.3) is 0 Å². The second-order valence-corrected chi connectivity index (χ2v) is 4.59. The van der Waals surface area contributed by atoms with E-state index >= 15 is 0 Å². The molecule has 128 valence electrons. The first kappa shape index (κ1) is 18.8. The van der Waals surface area contributed by atoms with Crippen molar-refractivity contribution in [3.8, 4) is 17.2 Å². The molecule has 0 unspecified atom stereocenters. The molecular weight excluding hydrogens is 300 g/mol. The van der Waals surface area contributed by atoms with E-state index < -0.39 is 5.97 Å². The molecule has 0 spiro atoms. The van der Waals surface area contributed by atoms with Crippen LogP contribution in [0.3, 0.4) is 0 Å². The van der Waals surface area contributed by atoms with Gasteiger partial charge in [-0.15, -0.1) is 0 Å². The Hall–Kier alpha value is -2.24. The number of ether oxygens (including phenoxy) is 4. The second kappa shape index (κ2) is 9.71. The Kier molecular flexibility index (Phi) is 7.94. The fourth-order valence-corrected chi connectivity index (χ4v) is 2.07. The van der Waals surface area contributed by atoms with Crippen molar-refractivity contribution < 1.29 is 28.5 Å². The maximum atomic E-state index is 12.5. The van der Waals surface area contributed by atoms with E-state index in [1.54, 1.807) is 12.1 Å². The lowest BCUT2D eigenvalue weighted by Gasteiger charge is -2.16. The fourth-order valence-electron chi connectivity index (χ4n) is 2.07. The van der Waals surface area contributed by atoms with Crippen LogP contribution in [-0.4, -0.2) is 38.7 Å². The Labute approximate surface area is 136 Å². The Balaban J connectivity index is 3.18. The van der Waals surface area contributed by atoms with Crippen molar-refractivity contribution in [1.29, 1.82) is 0 Å². The Morgan fingerprint density at radius 3 is 1.83 bits per heavy atom. The van der Waals surface area contributed by atoms with Gasteiger partial charge >= 0.3 is 5.97 Å². The zero-order valence-electron chi connectivity index (χ0n) is 14.1.